The van der Waals surface area contributed by atoms with Crippen molar-refractivity contribution in [2.24, 2.45) is 13.0 Å². The van der Waals surface area contributed by atoms with Crippen LogP contribution in [0.2, 0.25) is 5.02 Å². The van der Waals surface area contributed by atoms with Crippen LogP contribution in [0.3, 0.4) is 0 Å². The van der Waals surface area contributed by atoms with Crippen LogP contribution in [0.5, 0.6) is 0 Å². The second kappa shape index (κ2) is 6.15. The molecule has 1 unspecified atom stereocenters. The van der Waals surface area contributed by atoms with Gasteiger partial charge in [-0.15, -0.1) is 0 Å². The predicted molar refractivity (Wildman–Crippen MR) is 70.5 cm³/mol. The van der Waals surface area contributed by atoms with Crippen molar-refractivity contribution in [3.8, 4) is 0 Å². The molecule has 90 valence electrons. The number of halogens is 1. The van der Waals surface area contributed by atoms with Crippen LogP contribution >= 0.6 is 23.4 Å². The number of thioether (sulfide) groups is 1. The first-order chi connectivity index (χ1) is 7.56. The fourth-order valence-corrected chi connectivity index (χ4v) is 2.19. The largest absolute Gasteiger partial charge is 0.382 e. The van der Waals surface area contributed by atoms with Crippen molar-refractivity contribution >= 4 is 29.1 Å². The van der Waals surface area contributed by atoms with E-state index in [9.17, 15) is 4.79 Å². The molecule has 0 spiro atoms. The van der Waals surface area contributed by atoms with Gasteiger partial charge in [-0.2, -0.15) is 16.9 Å². The topological polar surface area (TPSA) is 46.9 Å². The third-order valence-corrected chi connectivity index (χ3v) is 3.44. The standard InChI is InChI=1S/C10H16ClN3OS/c1-7(6-16-3)4-12-8-5-13-14(2)10(15)9(8)11/h5,7,12H,4,6H2,1-3H3. The predicted octanol–water partition coefficient (Wildman–Crippen LogP) is 1.84. The summed E-state index contributed by atoms with van der Waals surface area (Å²) in [6.45, 7) is 2.93. The molecule has 0 amide bonds. The van der Waals surface area contributed by atoms with Gasteiger partial charge in [0, 0.05) is 13.6 Å². The summed E-state index contributed by atoms with van der Waals surface area (Å²) in [5.74, 6) is 1.60. The number of hydrogen-bond donors (Lipinski definition) is 1. The lowest BCUT2D eigenvalue weighted by Crippen LogP contribution is -2.22. The van der Waals surface area contributed by atoms with E-state index in [1.54, 1.807) is 25.0 Å². The van der Waals surface area contributed by atoms with Crippen molar-refractivity contribution < 1.29 is 0 Å². The minimum atomic E-state index is -0.274. The van der Waals surface area contributed by atoms with E-state index in [0.29, 0.717) is 11.6 Å². The first-order valence-corrected chi connectivity index (χ1v) is 6.78. The molecule has 0 bridgehead atoms. The van der Waals surface area contributed by atoms with Crippen LogP contribution in [0.4, 0.5) is 5.69 Å². The Labute approximate surface area is 104 Å². The molecule has 1 aromatic rings. The minimum Gasteiger partial charge on any atom is -0.382 e. The second-order valence-corrected chi connectivity index (χ2v) is 5.03. The summed E-state index contributed by atoms with van der Waals surface area (Å²) < 4.78 is 1.22. The summed E-state index contributed by atoms with van der Waals surface area (Å²) in [4.78, 5) is 11.5. The Morgan fingerprint density at radius 3 is 3.00 bits per heavy atom. The molecule has 1 rings (SSSR count). The summed E-state index contributed by atoms with van der Waals surface area (Å²) in [6.07, 6.45) is 3.65. The number of aryl methyl sites for hydroxylation is 1. The number of anilines is 1. The molecule has 0 fully saturated rings. The zero-order chi connectivity index (χ0) is 12.1. The highest BCUT2D eigenvalue weighted by molar-refractivity contribution is 7.98. The van der Waals surface area contributed by atoms with Crippen LogP contribution in [0.1, 0.15) is 6.92 Å². The Morgan fingerprint density at radius 1 is 1.69 bits per heavy atom. The smallest absolute Gasteiger partial charge is 0.287 e. The average Bonchev–Trinajstić information content (AvgIpc) is 2.25. The van der Waals surface area contributed by atoms with E-state index < -0.39 is 0 Å². The van der Waals surface area contributed by atoms with Gasteiger partial charge in [0.2, 0.25) is 0 Å². The van der Waals surface area contributed by atoms with Gasteiger partial charge in [-0.3, -0.25) is 4.79 Å². The van der Waals surface area contributed by atoms with Gasteiger partial charge in [-0.25, -0.2) is 4.68 Å². The van der Waals surface area contributed by atoms with Crippen LogP contribution in [-0.4, -0.2) is 28.3 Å². The number of nitrogens with one attached hydrogen (secondary N) is 1. The zero-order valence-electron chi connectivity index (χ0n) is 9.66. The van der Waals surface area contributed by atoms with Crippen LogP contribution in [0, 0.1) is 5.92 Å². The normalized spacial score (nSPS) is 12.5. The lowest BCUT2D eigenvalue weighted by atomic mass is 10.2. The van der Waals surface area contributed by atoms with Gasteiger partial charge >= 0.3 is 0 Å². The third kappa shape index (κ3) is 3.42. The highest BCUT2D eigenvalue weighted by Crippen LogP contribution is 2.15. The Kier molecular flexibility index (Phi) is 5.15. The fourth-order valence-electron chi connectivity index (χ4n) is 1.26. The van der Waals surface area contributed by atoms with Crippen molar-refractivity contribution in [1.29, 1.82) is 0 Å². The van der Waals surface area contributed by atoms with E-state index >= 15 is 0 Å². The summed E-state index contributed by atoms with van der Waals surface area (Å²) in [5, 5.41) is 7.26. The first-order valence-electron chi connectivity index (χ1n) is 5.01. The monoisotopic (exact) mass is 261 g/mol. The summed E-state index contributed by atoms with van der Waals surface area (Å²) in [5.41, 5.74) is 0.335. The molecule has 1 heterocycles. The maximum Gasteiger partial charge on any atom is 0.287 e. The molecule has 1 aromatic heterocycles. The second-order valence-electron chi connectivity index (χ2n) is 3.74. The van der Waals surface area contributed by atoms with E-state index in [1.165, 1.54) is 4.68 Å². The van der Waals surface area contributed by atoms with E-state index in [0.717, 1.165) is 12.3 Å². The molecule has 1 atom stereocenters. The molecule has 0 saturated carbocycles. The zero-order valence-corrected chi connectivity index (χ0v) is 11.2. The van der Waals surface area contributed by atoms with Crippen molar-refractivity contribution in [2.75, 3.05) is 23.9 Å². The lowest BCUT2D eigenvalue weighted by molar-refractivity contribution is 0.690. The minimum absolute atomic E-state index is 0.203. The Bertz CT molecular complexity index is 408. The van der Waals surface area contributed by atoms with Gasteiger partial charge in [0.25, 0.3) is 5.56 Å². The number of rotatable bonds is 5. The molecule has 0 radical (unpaired) electrons. The Hall–Kier alpha value is -0.680. The molecule has 1 N–H and O–H groups in total. The van der Waals surface area contributed by atoms with Gasteiger partial charge in [-0.05, 0) is 17.9 Å². The summed E-state index contributed by atoms with van der Waals surface area (Å²) in [7, 11) is 1.58. The van der Waals surface area contributed by atoms with Crippen LogP contribution in [0.25, 0.3) is 0 Å². The highest BCUT2D eigenvalue weighted by atomic mass is 35.5. The van der Waals surface area contributed by atoms with Crippen molar-refractivity contribution in [3.63, 3.8) is 0 Å². The van der Waals surface area contributed by atoms with Crippen molar-refractivity contribution in [3.05, 3.63) is 21.6 Å². The first kappa shape index (κ1) is 13.4. The maximum absolute atomic E-state index is 11.5. The van der Waals surface area contributed by atoms with Crippen LogP contribution in [-0.2, 0) is 7.05 Å². The summed E-state index contributed by atoms with van der Waals surface area (Å²) in [6, 6.07) is 0. The number of hydrogen-bond acceptors (Lipinski definition) is 4. The van der Waals surface area contributed by atoms with Gasteiger partial charge in [0.15, 0.2) is 0 Å². The number of aromatic nitrogens is 2. The Balaban J connectivity index is 2.68. The molecule has 0 aliphatic carbocycles. The molecule has 0 aliphatic heterocycles. The van der Waals surface area contributed by atoms with Gasteiger partial charge in [0.1, 0.15) is 5.02 Å². The van der Waals surface area contributed by atoms with E-state index in [4.69, 9.17) is 11.6 Å². The molecule has 6 heteroatoms. The van der Waals surface area contributed by atoms with Crippen LogP contribution in [0.15, 0.2) is 11.0 Å². The highest BCUT2D eigenvalue weighted by Gasteiger charge is 2.08. The van der Waals surface area contributed by atoms with Crippen molar-refractivity contribution in [1.82, 2.24) is 9.78 Å². The average molecular weight is 262 g/mol. The fraction of sp³-hybridized carbons (Fsp3) is 0.600. The number of nitrogens with zero attached hydrogens (tertiary/aromatic N) is 2. The van der Waals surface area contributed by atoms with E-state index in [2.05, 4.69) is 23.6 Å². The van der Waals surface area contributed by atoms with E-state index in [-0.39, 0.29) is 10.6 Å². The SMILES string of the molecule is CSCC(C)CNc1cnn(C)c(=O)c1Cl. The molecule has 0 saturated heterocycles. The molecule has 4 nitrogen and oxygen atoms in total. The Morgan fingerprint density at radius 2 is 2.38 bits per heavy atom. The van der Waals surface area contributed by atoms with Crippen molar-refractivity contribution in [2.45, 2.75) is 6.92 Å². The van der Waals surface area contributed by atoms with Gasteiger partial charge in [-0.1, -0.05) is 18.5 Å². The third-order valence-electron chi connectivity index (χ3n) is 2.17. The molecular formula is C10H16ClN3OS. The molecule has 16 heavy (non-hydrogen) atoms. The maximum atomic E-state index is 11.5. The van der Waals surface area contributed by atoms with Crippen LogP contribution < -0.4 is 10.9 Å². The molecule has 0 aromatic carbocycles. The van der Waals surface area contributed by atoms with Gasteiger partial charge in [0.05, 0.1) is 11.9 Å². The lowest BCUT2D eigenvalue weighted by Gasteiger charge is -2.13. The van der Waals surface area contributed by atoms with Gasteiger partial charge < -0.3 is 5.32 Å². The molecule has 0 aliphatic rings. The quantitative estimate of drug-likeness (QED) is 0.879. The summed E-state index contributed by atoms with van der Waals surface area (Å²) >= 11 is 7.72. The van der Waals surface area contributed by atoms with E-state index in [1.807, 2.05) is 0 Å². The molecular weight excluding hydrogens is 246 g/mol.